The van der Waals surface area contributed by atoms with Crippen molar-refractivity contribution >= 4 is 11.9 Å². The molecule has 0 unspecified atom stereocenters. The lowest BCUT2D eigenvalue weighted by Gasteiger charge is -1.86. The van der Waals surface area contributed by atoms with Gasteiger partial charge in [0, 0.05) is 12.2 Å². The standard InChI is InChI=1S/C6H10O2.C5H8O2/c1-3-4-5-6(7)8-2;1-2-3-4-5(6)7/h4-5H,3H2,1-2H3;3-4H,2H2,1H3,(H,6,7)/b5-4+;4-3+. The van der Waals surface area contributed by atoms with E-state index in [1.165, 1.54) is 13.2 Å². The van der Waals surface area contributed by atoms with Gasteiger partial charge in [0.05, 0.1) is 7.11 Å². The molecule has 0 aromatic carbocycles. The topological polar surface area (TPSA) is 63.6 Å². The van der Waals surface area contributed by atoms with E-state index in [0.29, 0.717) is 0 Å². The van der Waals surface area contributed by atoms with E-state index in [9.17, 15) is 9.59 Å². The van der Waals surface area contributed by atoms with E-state index >= 15 is 0 Å². The second kappa shape index (κ2) is 12.4. The number of allylic oxidation sites excluding steroid dienone is 2. The van der Waals surface area contributed by atoms with Crippen molar-refractivity contribution in [1.82, 2.24) is 0 Å². The van der Waals surface area contributed by atoms with Gasteiger partial charge in [0.2, 0.25) is 0 Å². The highest BCUT2D eigenvalue weighted by Gasteiger charge is 1.85. The number of rotatable bonds is 4. The van der Waals surface area contributed by atoms with Crippen molar-refractivity contribution in [3.8, 4) is 0 Å². The number of aliphatic carboxylic acids is 1. The first-order chi connectivity index (χ1) is 7.08. The molecular formula is C11H18O4. The first kappa shape index (κ1) is 15.9. The van der Waals surface area contributed by atoms with Crippen LogP contribution in [0.4, 0.5) is 0 Å². The Morgan fingerprint density at radius 3 is 1.87 bits per heavy atom. The fourth-order valence-corrected chi connectivity index (χ4v) is 0.501. The Kier molecular flexibility index (Phi) is 13.1. The molecule has 0 aliphatic rings. The van der Waals surface area contributed by atoms with Crippen LogP contribution in [0.25, 0.3) is 0 Å². The first-order valence-electron chi connectivity index (χ1n) is 4.72. The number of esters is 1. The Labute approximate surface area is 90.2 Å². The van der Waals surface area contributed by atoms with Crippen LogP contribution in [-0.4, -0.2) is 24.2 Å². The fraction of sp³-hybridized carbons (Fsp3) is 0.455. The Balaban J connectivity index is 0. The molecule has 15 heavy (non-hydrogen) atoms. The maximum atomic E-state index is 10.3. The van der Waals surface area contributed by atoms with E-state index in [-0.39, 0.29) is 5.97 Å². The molecule has 0 heterocycles. The van der Waals surface area contributed by atoms with Crippen LogP contribution < -0.4 is 0 Å². The zero-order valence-corrected chi connectivity index (χ0v) is 9.40. The zero-order valence-electron chi connectivity index (χ0n) is 9.40. The fourth-order valence-electron chi connectivity index (χ4n) is 0.501. The van der Waals surface area contributed by atoms with Crippen molar-refractivity contribution in [2.75, 3.05) is 7.11 Å². The van der Waals surface area contributed by atoms with Crippen LogP contribution in [0.1, 0.15) is 26.7 Å². The first-order valence-corrected chi connectivity index (χ1v) is 4.72. The third-order valence-corrected chi connectivity index (χ3v) is 1.19. The average Bonchev–Trinajstić information content (AvgIpc) is 2.23. The van der Waals surface area contributed by atoms with E-state index in [4.69, 9.17) is 5.11 Å². The van der Waals surface area contributed by atoms with Crippen molar-refractivity contribution < 1.29 is 19.4 Å². The van der Waals surface area contributed by atoms with Crippen LogP contribution >= 0.6 is 0 Å². The molecule has 4 nitrogen and oxygen atoms in total. The SMILES string of the molecule is CC/C=C/C(=O)O.CC/C=C/C(=O)OC. The predicted molar refractivity (Wildman–Crippen MR) is 58.5 cm³/mol. The third-order valence-electron chi connectivity index (χ3n) is 1.19. The molecule has 0 amide bonds. The number of carboxylic acid groups (broad SMARTS) is 1. The van der Waals surface area contributed by atoms with Gasteiger partial charge in [-0.1, -0.05) is 26.0 Å². The molecular weight excluding hydrogens is 196 g/mol. The quantitative estimate of drug-likeness (QED) is 0.575. The van der Waals surface area contributed by atoms with Crippen LogP contribution in [0.3, 0.4) is 0 Å². The van der Waals surface area contributed by atoms with Crippen LogP contribution in [0.15, 0.2) is 24.3 Å². The van der Waals surface area contributed by atoms with E-state index in [2.05, 4.69) is 4.74 Å². The second-order valence-electron chi connectivity index (χ2n) is 2.48. The number of carboxylic acids is 1. The summed E-state index contributed by atoms with van der Waals surface area (Å²) < 4.78 is 4.33. The normalized spacial score (nSPS) is 9.80. The van der Waals surface area contributed by atoms with Gasteiger partial charge >= 0.3 is 11.9 Å². The van der Waals surface area contributed by atoms with Gasteiger partial charge in [0.1, 0.15) is 0 Å². The summed E-state index contributed by atoms with van der Waals surface area (Å²) in [6.07, 6.45) is 7.57. The number of carbonyl (C=O) groups excluding carboxylic acids is 1. The van der Waals surface area contributed by atoms with Gasteiger partial charge < -0.3 is 9.84 Å². The van der Waals surface area contributed by atoms with E-state index in [1.807, 2.05) is 13.8 Å². The minimum atomic E-state index is -0.873. The van der Waals surface area contributed by atoms with Gasteiger partial charge in [-0.25, -0.2) is 9.59 Å². The molecule has 0 spiro atoms. The number of ether oxygens (including phenoxy) is 1. The molecule has 1 N–H and O–H groups in total. The third kappa shape index (κ3) is 19.0. The van der Waals surface area contributed by atoms with Crippen LogP contribution in [0.5, 0.6) is 0 Å². The van der Waals surface area contributed by atoms with Crippen molar-refractivity contribution in [2.45, 2.75) is 26.7 Å². The average molecular weight is 214 g/mol. The Hall–Kier alpha value is -1.58. The van der Waals surface area contributed by atoms with Crippen molar-refractivity contribution in [3.63, 3.8) is 0 Å². The molecule has 0 rings (SSSR count). The van der Waals surface area contributed by atoms with Crippen LogP contribution in [0.2, 0.25) is 0 Å². The smallest absolute Gasteiger partial charge is 0.330 e. The van der Waals surface area contributed by atoms with Gasteiger partial charge in [-0.05, 0) is 12.8 Å². The summed E-state index contributed by atoms with van der Waals surface area (Å²) in [5.74, 6) is -1.16. The van der Waals surface area contributed by atoms with Crippen molar-refractivity contribution in [3.05, 3.63) is 24.3 Å². The summed E-state index contributed by atoms with van der Waals surface area (Å²) in [4.78, 5) is 19.9. The summed E-state index contributed by atoms with van der Waals surface area (Å²) in [6, 6.07) is 0. The van der Waals surface area contributed by atoms with Gasteiger partial charge in [0.25, 0.3) is 0 Å². The maximum Gasteiger partial charge on any atom is 0.330 e. The lowest BCUT2D eigenvalue weighted by molar-refractivity contribution is -0.135. The van der Waals surface area contributed by atoms with Gasteiger partial charge in [-0.15, -0.1) is 0 Å². The molecule has 0 fully saturated rings. The second-order valence-corrected chi connectivity index (χ2v) is 2.48. The van der Waals surface area contributed by atoms with E-state index in [1.54, 1.807) is 12.2 Å². The molecule has 0 aromatic rings. The lowest BCUT2D eigenvalue weighted by atomic mass is 10.4. The number of hydrogen-bond donors (Lipinski definition) is 1. The molecule has 0 atom stereocenters. The summed E-state index contributed by atoms with van der Waals surface area (Å²) in [5, 5.41) is 7.96. The van der Waals surface area contributed by atoms with Gasteiger partial charge in [-0.2, -0.15) is 0 Å². The minimum Gasteiger partial charge on any atom is -0.478 e. The molecule has 0 saturated carbocycles. The Morgan fingerprint density at radius 1 is 1.13 bits per heavy atom. The van der Waals surface area contributed by atoms with E-state index < -0.39 is 5.97 Å². The molecule has 0 bridgehead atoms. The predicted octanol–water partition coefficient (Wildman–Crippen LogP) is 2.16. The molecule has 86 valence electrons. The molecule has 0 aliphatic heterocycles. The van der Waals surface area contributed by atoms with Gasteiger partial charge in [0.15, 0.2) is 0 Å². The molecule has 0 radical (unpaired) electrons. The highest BCUT2D eigenvalue weighted by atomic mass is 16.5. The highest BCUT2D eigenvalue weighted by molar-refractivity contribution is 5.81. The molecule has 0 saturated heterocycles. The summed E-state index contributed by atoms with van der Waals surface area (Å²) in [5.41, 5.74) is 0. The Morgan fingerprint density at radius 2 is 1.60 bits per heavy atom. The Bertz CT molecular complexity index is 229. The number of hydrogen-bond acceptors (Lipinski definition) is 3. The molecule has 0 aliphatic carbocycles. The lowest BCUT2D eigenvalue weighted by Crippen LogP contribution is -1.92. The van der Waals surface area contributed by atoms with E-state index in [0.717, 1.165) is 18.9 Å². The van der Waals surface area contributed by atoms with Crippen molar-refractivity contribution in [1.29, 1.82) is 0 Å². The number of carbonyl (C=O) groups is 2. The number of methoxy groups -OCH3 is 1. The molecule has 0 aromatic heterocycles. The summed E-state index contributed by atoms with van der Waals surface area (Å²) in [7, 11) is 1.36. The minimum absolute atomic E-state index is 0.285. The summed E-state index contributed by atoms with van der Waals surface area (Å²) in [6.45, 7) is 3.85. The highest BCUT2D eigenvalue weighted by Crippen LogP contribution is 1.80. The maximum absolute atomic E-state index is 10.3. The van der Waals surface area contributed by atoms with Gasteiger partial charge in [-0.3, -0.25) is 0 Å². The summed E-state index contributed by atoms with van der Waals surface area (Å²) >= 11 is 0. The monoisotopic (exact) mass is 214 g/mol. The van der Waals surface area contributed by atoms with Crippen LogP contribution in [0, 0.1) is 0 Å². The van der Waals surface area contributed by atoms with Crippen LogP contribution in [-0.2, 0) is 14.3 Å². The molecule has 4 heteroatoms. The zero-order chi connectivity index (χ0) is 12.1. The largest absolute Gasteiger partial charge is 0.478 e. The van der Waals surface area contributed by atoms with Crippen molar-refractivity contribution in [2.24, 2.45) is 0 Å².